The Balaban J connectivity index is 2.05. The van der Waals surface area contributed by atoms with Crippen LogP contribution in [-0.2, 0) is 4.79 Å². The Morgan fingerprint density at radius 1 is 0.815 bits per heavy atom. The van der Waals surface area contributed by atoms with Crippen molar-refractivity contribution >= 4 is 18.1 Å². The van der Waals surface area contributed by atoms with Crippen molar-refractivity contribution in [2.75, 3.05) is 13.1 Å². The van der Waals surface area contributed by atoms with E-state index < -0.39 is 12.1 Å². The third-order valence-electron chi connectivity index (χ3n) is 3.96. The van der Waals surface area contributed by atoms with Crippen molar-refractivity contribution < 1.29 is 18.0 Å². The Morgan fingerprint density at radius 2 is 1.19 bits per heavy atom. The average molecular weight is 373 g/mol. The van der Waals surface area contributed by atoms with Crippen molar-refractivity contribution in [3.63, 3.8) is 0 Å². The molecule has 0 bridgehead atoms. The van der Waals surface area contributed by atoms with Gasteiger partial charge in [0.05, 0.1) is 0 Å². The van der Waals surface area contributed by atoms with Crippen LogP contribution in [0, 0.1) is 13.8 Å². The fourth-order valence-electron chi connectivity index (χ4n) is 2.41. The molecule has 27 heavy (non-hydrogen) atoms. The molecule has 0 saturated carbocycles. The number of amides is 1. The number of halogens is 3. The second-order valence-electron chi connectivity index (χ2n) is 6.33. The fraction of sp³-hybridized carbons (Fsp3) is 0.227. The van der Waals surface area contributed by atoms with Gasteiger partial charge in [0.15, 0.2) is 0 Å². The summed E-state index contributed by atoms with van der Waals surface area (Å²) in [7, 11) is 0. The van der Waals surface area contributed by atoms with E-state index >= 15 is 0 Å². The van der Waals surface area contributed by atoms with Gasteiger partial charge < -0.3 is 4.90 Å². The number of benzene rings is 2. The minimum Gasteiger partial charge on any atom is -0.327 e. The monoisotopic (exact) mass is 373 g/mol. The Bertz CT molecular complexity index is 745. The van der Waals surface area contributed by atoms with E-state index in [9.17, 15) is 18.0 Å². The normalized spacial score (nSPS) is 12.0. The summed E-state index contributed by atoms with van der Waals surface area (Å²) in [4.78, 5) is 12.4. The van der Waals surface area contributed by atoms with Gasteiger partial charge >= 0.3 is 12.1 Å². The second-order valence-corrected chi connectivity index (χ2v) is 6.33. The zero-order valence-electron chi connectivity index (χ0n) is 15.3. The summed E-state index contributed by atoms with van der Waals surface area (Å²) in [6.45, 7) is 3.67. The van der Waals surface area contributed by atoms with Gasteiger partial charge in [-0.25, -0.2) is 0 Å². The van der Waals surface area contributed by atoms with E-state index in [1.54, 1.807) is 24.3 Å². The van der Waals surface area contributed by atoms with E-state index in [2.05, 4.69) is 0 Å². The van der Waals surface area contributed by atoms with Gasteiger partial charge in [-0.05, 0) is 25.0 Å². The highest BCUT2D eigenvalue weighted by molar-refractivity contribution is 5.82. The lowest BCUT2D eigenvalue weighted by Gasteiger charge is -2.20. The molecule has 0 aliphatic heterocycles. The third-order valence-corrected chi connectivity index (χ3v) is 3.96. The first-order chi connectivity index (χ1) is 12.8. The first-order valence-electron chi connectivity index (χ1n) is 8.58. The standard InChI is InChI=1S/C22H22F3NO/c1-17-7-11-19(12-8-17)5-3-15-26(21(27)22(23,24)25)16-4-6-20-13-9-18(2)10-14-20/h3-14H,15-16H2,1-2H3/b5-3+,6-4+. The first kappa shape index (κ1) is 20.5. The van der Waals surface area contributed by atoms with Crippen LogP contribution in [-0.4, -0.2) is 30.1 Å². The highest BCUT2D eigenvalue weighted by atomic mass is 19.4. The Morgan fingerprint density at radius 3 is 1.52 bits per heavy atom. The number of rotatable bonds is 6. The molecule has 0 heterocycles. The van der Waals surface area contributed by atoms with Crippen molar-refractivity contribution in [2.24, 2.45) is 0 Å². The summed E-state index contributed by atoms with van der Waals surface area (Å²) < 4.78 is 38.5. The molecule has 2 rings (SSSR count). The second kappa shape index (κ2) is 9.21. The lowest BCUT2D eigenvalue weighted by atomic mass is 10.1. The predicted molar refractivity (Wildman–Crippen MR) is 103 cm³/mol. The van der Waals surface area contributed by atoms with E-state index in [-0.39, 0.29) is 13.1 Å². The molecule has 0 spiro atoms. The summed E-state index contributed by atoms with van der Waals surface area (Å²) >= 11 is 0. The molecule has 2 aromatic rings. The summed E-state index contributed by atoms with van der Waals surface area (Å²) in [5, 5.41) is 0. The molecule has 0 aliphatic rings. The molecule has 142 valence electrons. The third kappa shape index (κ3) is 6.77. The zero-order chi connectivity index (χ0) is 19.9. The van der Waals surface area contributed by atoms with E-state index in [0.29, 0.717) is 0 Å². The predicted octanol–water partition coefficient (Wildman–Crippen LogP) is 5.42. The number of aryl methyl sites for hydroxylation is 2. The number of nitrogens with zero attached hydrogens (tertiary/aromatic N) is 1. The van der Waals surface area contributed by atoms with Gasteiger partial charge in [0.25, 0.3) is 0 Å². The van der Waals surface area contributed by atoms with Crippen LogP contribution in [0.3, 0.4) is 0 Å². The molecule has 1 amide bonds. The summed E-state index contributed by atoms with van der Waals surface area (Å²) in [5.74, 6) is -1.84. The highest BCUT2D eigenvalue weighted by Gasteiger charge is 2.41. The van der Waals surface area contributed by atoms with Crippen molar-refractivity contribution in [1.29, 1.82) is 0 Å². The Kier molecular flexibility index (Phi) is 6.99. The molecule has 0 unspecified atom stereocenters. The van der Waals surface area contributed by atoms with E-state index in [4.69, 9.17) is 0 Å². The van der Waals surface area contributed by atoms with Gasteiger partial charge in [-0.15, -0.1) is 0 Å². The largest absolute Gasteiger partial charge is 0.471 e. The van der Waals surface area contributed by atoms with E-state index in [1.165, 1.54) is 0 Å². The van der Waals surface area contributed by atoms with Crippen molar-refractivity contribution in [3.05, 3.63) is 82.9 Å². The van der Waals surface area contributed by atoms with Gasteiger partial charge in [-0.2, -0.15) is 13.2 Å². The van der Waals surface area contributed by atoms with Crippen LogP contribution < -0.4 is 0 Å². The van der Waals surface area contributed by atoms with E-state index in [1.807, 2.05) is 62.4 Å². The van der Waals surface area contributed by atoms with Gasteiger partial charge in [0.1, 0.15) is 0 Å². The molecule has 0 N–H and O–H groups in total. The molecule has 0 aliphatic carbocycles. The number of alkyl halides is 3. The van der Waals surface area contributed by atoms with Crippen molar-refractivity contribution in [2.45, 2.75) is 20.0 Å². The number of carbonyl (C=O) groups is 1. The van der Waals surface area contributed by atoms with Gasteiger partial charge in [-0.3, -0.25) is 4.79 Å². The lowest BCUT2D eigenvalue weighted by molar-refractivity contribution is -0.184. The summed E-state index contributed by atoms with van der Waals surface area (Å²) in [6, 6.07) is 15.2. The van der Waals surface area contributed by atoms with Crippen LogP contribution in [0.1, 0.15) is 22.3 Å². The molecule has 0 saturated heterocycles. The number of hydrogen-bond donors (Lipinski definition) is 0. The van der Waals surface area contributed by atoms with Crippen LogP contribution in [0.4, 0.5) is 13.2 Å². The minimum atomic E-state index is -4.89. The smallest absolute Gasteiger partial charge is 0.327 e. The molecule has 2 nitrogen and oxygen atoms in total. The topological polar surface area (TPSA) is 20.3 Å². The molecule has 5 heteroatoms. The Hall–Kier alpha value is -2.82. The molecule has 0 aromatic heterocycles. The van der Waals surface area contributed by atoms with Crippen LogP contribution in [0.2, 0.25) is 0 Å². The summed E-state index contributed by atoms with van der Waals surface area (Å²) in [5.41, 5.74) is 3.94. The maximum absolute atomic E-state index is 12.8. The number of carbonyl (C=O) groups excluding carboxylic acids is 1. The van der Waals surface area contributed by atoms with Crippen LogP contribution in [0.5, 0.6) is 0 Å². The molecule has 0 atom stereocenters. The van der Waals surface area contributed by atoms with Crippen LogP contribution in [0.25, 0.3) is 12.2 Å². The quantitative estimate of drug-likeness (QED) is 0.662. The minimum absolute atomic E-state index is 0.121. The maximum Gasteiger partial charge on any atom is 0.471 e. The van der Waals surface area contributed by atoms with Crippen LogP contribution >= 0.6 is 0 Å². The SMILES string of the molecule is Cc1ccc(/C=C/CN(C/C=C/c2ccc(C)cc2)C(=O)C(F)(F)F)cc1. The molecule has 2 aromatic carbocycles. The fourth-order valence-corrected chi connectivity index (χ4v) is 2.41. The first-order valence-corrected chi connectivity index (χ1v) is 8.58. The van der Waals surface area contributed by atoms with Gasteiger partial charge in [0.2, 0.25) is 0 Å². The van der Waals surface area contributed by atoms with Crippen LogP contribution in [0.15, 0.2) is 60.7 Å². The molecular formula is C22H22F3NO. The molecule has 0 fully saturated rings. The van der Waals surface area contributed by atoms with Crippen molar-refractivity contribution in [1.82, 2.24) is 4.90 Å². The van der Waals surface area contributed by atoms with E-state index in [0.717, 1.165) is 27.2 Å². The molecule has 0 radical (unpaired) electrons. The highest BCUT2D eigenvalue weighted by Crippen LogP contribution is 2.19. The van der Waals surface area contributed by atoms with Crippen molar-refractivity contribution in [3.8, 4) is 0 Å². The number of hydrogen-bond acceptors (Lipinski definition) is 1. The summed E-state index contributed by atoms with van der Waals surface area (Å²) in [6.07, 6.45) is 1.65. The molecular weight excluding hydrogens is 351 g/mol. The van der Waals surface area contributed by atoms with Gasteiger partial charge in [0, 0.05) is 13.1 Å². The zero-order valence-corrected chi connectivity index (χ0v) is 15.3. The van der Waals surface area contributed by atoms with Gasteiger partial charge in [-0.1, -0.05) is 84.0 Å². The lowest BCUT2D eigenvalue weighted by Crippen LogP contribution is -2.41. The maximum atomic E-state index is 12.8. The average Bonchev–Trinajstić information content (AvgIpc) is 2.62. The Labute approximate surface area is 157 Å².